The van der Waals surface area contributed by atoms with Crippen molar-refractivity contribution >= 4 is 23.4 Å². The molecule has 0 spiro atoms. The summed E-state index contributed by atoms with van der Waals surface area (Å²) >= 11 is 8.43. The van der Waals surface area contributed by atoms with Crippen molar-refractivity contribution < 1.29 is 0 Å². The van der Waals surface area contributed by atoms with Gasteiger partial charge in [-0.05, 0) is 50.4 Å². The summed E-state index contributed by atoms with van der Waals surface area (Å²) in [6.45, 7) is 5.40. The highest BCUT2D eigenvalue weighted by Gasteiger charge is 2.17. The number of halogens is 1. The standard InChI is InChI=1S/C16H24ClNS/c1-3-10-18-12(2)15-9-8-14(11-16(15)17)19-13-6-4-5-7-13/h8-9,11-13,18H,3-7,10H2,1-2H3. The topological polar surface area (TPSA) is 12.0 Å². The molecule has 0 aromatic heterocycles. The predicted octanol–water partition coefficient (Wildman–Crippen LogP) is 5.44. The van der Waals surface area contributed by atoms with Crippen LogP contribution in [0.3, 0.4) is 0 Å². The Kier molecular flexibility index (Phi) is 6.06. The number of benzene rings is 1. The molecule has 106 valence electrons. The lowest BCUT2D eigenvalue weighted by atomic mass is 10.1. The van der Waals surface area contributed by atoms with Crippen molar-refractivity contribution in [1.82, 2.24) is 5.32 Å². The SMILES string of the molecule is CCCNC(C)c1ccc(SC2CCCC2)cc1Cl. The highest BCUT2D eigenvalue weighted by molar-refractivity contribution is 8.00. The maximum Gasteiger partial charge on any atom is 0.0464 e. The van der Waals surface area contributed by atoms with E-state index in [4.69, 9.17) is 11.6 Å². The van der Waals surface area contributed by atoms with Gasteiger partial charge in [-0.15, -0.1) is 11.8 Å². The van der Waals surface area contributed by atoms with Crippen molar-refractivity contribution in [1.29, 1.82) is 0 Å². The third kappa shape index (κ3) is 4.40. The van der Waals surface area contributed by atoms with Gasteiger partial charge in [0, 0.05) is 21.2 Å². The van der Waals surface area contributed by atoms with Crippen LogP contribution in [0.1, 0.15) is 57.6 Å². The van der Waals surface area contributed by atoms with E-state index in [0.717, 1.165) is 23.2 Å². The van der Waals surface area contributed by atoms with Gasteiger partial charge in [-0.3, -0.25) is 0 Å². The van der Waals surface area contributed by atoms with E-state index in [9.17, 15) is 0 Å². The van der Waals surface area contributed by atoms with E-state index in [2.05, 4.69) is 37.4 Å². The lowest BCUT2D eigenvalue weighted by molar-refractivity contribution is 0.570. The second-order valence-corrected chi connectivity index (χ2v) is 7.16. The fourth-order valence-corrected chi connectivity index (χ4v) is 4.30. The van der Waals surface area contributed by atoms with Crippen LogP contribution in [-0.4, -0.2) is 11.8 Å². The van der Waals surface area contributed by atoms with Crippen LogP contribution < -0.4 is 5.32 Å². The molecule has 1 saturated carbocycles. The van der Waals surface area contributed by atoms with Crippen LogP contribution in [0.4, 0.5) is 0 Å². The van der Waals surface area contributed by atoms with Gasteiger partial charge in [0.05, 0.1) is 0 Å². The zero-order valence-corrected chi connectivity index (χ0v) is 13.5. The van der Waals surface area contributed by atoms with E-state index in [1.807, 2.05) is 11.8 Å². The Bertz CT molecular complexity index is 402. The molecule has 0 amide bonds. The molecule has 1 aromatic carbocycles. The van der Waals surface area contributed by atoms with Gasteiger partial charge >= 0.3 is 0 Å². The van der Waals surface area contributed by atoms with Crippen molar-refractivity contribution in [3.63, 3.8) is 0 Å². The molecule has 0 radical (unpaired) electrons. The lowest BCUT2D eigenvalue weighted by Gasteiger charge is -2.16. The van der Waals surface area contributed by atoms with Gasteiger partial charge in [0.25, 0.3) is 0 Å². The summed E-state index contributed by atoms with van der Waals surface area (Å²) in [7, 11) is 0. The minimum absolute atomic E-state index is 0.331. The average Bonchev–Trinajstić information content (AvgIpc) is 2.89. The Hall–Kier alpha value is -0.180. The van der Waals surface area contributed by atoms with E-state index in [1.54, 1.807) is 0 Å². The summed E-state index contributed by atoms with van der Waals surface area (Å²) in [4.78, 5) is 1.32. The Balaban J connectivity index is 1.99. The molecule has 0 saturated heterocycles. The van der Waals surface area contributed by atoms with Crippen LogP contribution in [0.5, 0.6) is 0 Å². The first-order valence-electron chi connectivity index (χ1n) is 7.40. The van der Waals surface area contributed by atoms with E-state index in [1.165, 1.54) is 36.1 Å². The largest absolute Gasteiger partial charge is 0.310 e. The monoisotopic (exact) mass is 297 g/mol. The molecule has 0 aliphatic heterocycles. The van der Waals surface area contributed by atoms with Gasteiger partial charge in [0.15, 0.2) is 0 Å². The molecule has 1 aliphatic carbocycles. The third-order valence-corrected chi connectivity index (χ3v) is 5.40. The highest BCUT2D eigenvalue weighted by Crippen LogP contribution is 2.36. The minimum Gasteiger partial charge on any atom is -0.310 e. The molecule has 19 heavy (non-hydrogen) atoms. The number of thioether (sulfide) groups is 1. The first-order chi connectivity index (χ1) is 9.20. The van der Waals surface area contributed by atoms with Gasteiger partial charge in [0.1, 0.15) is 0 Å². The zero-order chi connectivity index (χ0) is 13.7. The number of rotatable bonds is 6. The summed E-state index contributed by atoms with van der Waals surface area (Å²) in [5.74, 6) is 0. The third-order valence-electron chi connectivity index (χ3n) is 3.74. The second kappa shape index (κ2) is 7.56. The Morgan fingerprint density at radius 3 is 2.74 bits per heavy atom. The molecular formula is C16H24ClNS. The molecule has 1 nitrogen and oxygen atoms in total. The summed E-state index contributed by atoms with van der Waals surface area (Å²) < 4.78 is 0. The Labute approximate surface area is 126 Å². The summed E-state index contributed by atoms with van der Waals surface area (Å²) in [5, 5.41) is 5.20. The van der Waals surface area contributed by atoms with E-state index >= 15 is 0 Å². The minimum atomic E-state index is 0.331. The molecule has 1 aromatic rings. The van der Waals surface area contributed by atoms with E-state index in [0.29, 0.717) is 6.04 Å². The van der Waals surface area contributed by atoms with Gasteiger partial charge in [0.2, 0.25) is 0 Å². The maximum absolute atomic E-state index is 6.44. The van der Waals surface area contributed by atoms with Crippen LogP contribution in [0.15, 0.2) is 23.1 Å². The molecule has 3 heteroatoms. The quantitative estimate of drug-likeness (QED) is 0.751. The first kappa shape index (κ1) is 15.2. The average molecular weight is 298 g/mol. The first-order valence-corrected chi connectivity index (χ1v) is 8.66. The van der Waals surface area contributed by atoms with Crippen LogP contribution in [0.25, 0.3) is 0 Å². The van der Waals surface area contributed by atoms with Crippen LogP contribution in [0.2, 0.25) is 5.02 Å². The van der Waals surface area contributed by atoms with Crippen LogP contribution in [0, 0.1) is 0 Å². The predicted molar refractivity (Wildman–Crippen MR) is 86.3 cm³/mol. The molecule has 1 atom stereocenters. The van der Waals surface area contributed by atoms with Crippen molar-refractivity contribution in [2.45, 2.75) is 62.1 Å². The van der Waals surface area contributed by atoms with Gasteiger partial charge in [-0.2, -0.15) is 0 Å². The molecule has 1 unspecified atom stereocenters. The van der Waals surface area contributed by atoms with Crippen molar-refractivity contribution in [3.05, 3.63) is 28.8 Å². The van der Waals surface area contributed by atoms with Gasteiger partial charge in [-0.1, -0.05) is 37.4 Å². The summed E-state index contributed by atoms with van der Waals surface area (Å²) in [5.41, 5.74) is 1.21. The molecule has 2 rings (SSSR count). The van der Waals surface area contributed by atoms with Crippen LogP contribution in [-0.2, 0) is 0 Å². The molecule has 0 heterocycles. The number of hydrogen-bond acceptors (Lipinski definition) is 2. The number of nitrogens with one attached hydrogen (secondary N) is 1. The van der Waals surface area contributed by atoms with E-state index in [-0.39, 0.29) is 0 Å². The van der Waals surface area contributed by atoms with E-state index < -0.39 is 0 Å². The maximum atomic E-state index is 6.44. The van der Waals surface area contributed by atoms with Crippen LogP contribution >= 0.6 is 23.4 Å². The molecule has 0 bridgehead atoms. The second-order valence-electron chi connectivity index (χ2n) is 5.38. The van der Waals surface area contributed by atoms with Crippen molar-refractivity contribution in [2.75, 3.05) is 6.54 Å². The lowest BCUT2D eigenvalue weighted by Crippen LogP contribution is -2.19. The molecular weight excluding hydrogens is 274 g/mol. The summed E-state index contributed by atoms with van der Waals surface area (Å²) in [6.07, 6.45) is 6.65. The van der Waals surface area contributed by atoms with Gasteiger partial charge < -0.3 is 5.32 Å². The molecule has 1 fully saturated rings. The summed E-state index contributed by atoms with van der Waals surface area (Å²) in [6, 6.07) is 6.89. The fraction of sp³-hybridized carbons (Fsp3) is 0.625. The van der Waals surface area contributed by atoms with Gasteiger partial charge in [-0.25, -0.2) is 0 Å². The zero-order valence-electron chi connectivity index (χ0n) is 11.9. The molecule has 1 N–H and O–H groups in total. The highest BCUT2D eigenvalue weighted by atomic mass is 35.5. The normalized spacial score (nSPS) is 17.8. The van der Waals surface area contributed by atoms with Crippen molar-refractivity contribution in [3.8, 4) is 0 Å². The Morgan fingerprint density at radius 2 is 2.11 bits per heavy atom. The Morgan fingerprint density at radius 1 is 1.37 bits per heavy atom. The smallest absolute Gasteiger partial charge is 0.0464 e. The number of hydrogen-bond donors (Lipinski definition) is 1. The molecule has 1 aliphatic rings. The fourth-order valence-electron chi connectivity index (χ4n) is 2.60. The van der Waals surface area contributed by atoms with Crippen molar-refractivity contribution in [2.24, 2.45) is 0 Å².